The second-order valence-corrected chi connectivity index (χ2v) is 6.54. The maximum Gasteiger partial charge on any atom is 0.269 e. The molecular formula is C19H17N3O4S. The third-order valence-electron chi connectivity index (χ3n) is 3.80. The molecule has 0 aliphatic carbocycles. The highest BCUT2D eigenvalue weighted by atomic mass is 32.1. The summed E-state index contributed by atoms with van der Waals surface area (Å²) in [4.78, 5) is 26.7. The molecule has 0 radical (unpaired) electrons. The predicted octanol–water partition coefficient (Wildman–Crippen LogP) is 4.30. The van der Waals surface area contributed by atoms with Crippen molar-refractivity contribution in [2.45, 2.75) is 13.3 Å². The van der Waals surface area contributed by atoms with Crippen LogP contribution in [-0.2, 0) is 11.2 Å². The number of anilines is 1. The number of ether oxygens (including phenoxy) is 1. The van der Waals surface area contributed by atoms with Crippen molar-refractivity contribution < 1.29 is 14.5 Å². The number of carbonyl (C=O) groups excluding carboxylic acids is 1. The van der Waals surface area contributed by atoms with Gasteiger partial charge in [0, 0.05) is 23.1 Å². The maximum atomic E-state index is 12.1. The van der Waals surface area contributed by atoms with Crippen molar-refractivity contribution in [1.29, 1.82) is 0 Å². The van der Waals surface area contributed by atoms with Gasteiger partial charge >= 0.3 is 0 Å². The third kappa shape index (κ3) is 4.89. The van der Waals surface area contributed by atoms with Crippen LogP contribution < -0.4 is 10.1 Å². The first-order valence-electron chi connectivity index (χ1n) is 8.27. The van der Waals surface area contributed by atoms with E-state index in [1.165, 1.54) is 23.5 Å². The number of thiazole rings is 1. The third-order valence-corrected chi connectivity index (χ3v) is 4.56. The van der Waals surface area contributed by atoms with Crippen LogP contribution in [0.3, 0.4) is 0 Å². The number of non-ortho nitro benzene ring substituents is 1. The van der Waals surface area contributed by atoms with Crippen LogP contribution in [0.5, 0.6) is 5.75 Å². The van der Waals surface area contributed by atoms with E-state index < -0.39 is 4.92 Å². The van der Waals surface area contributed by atoms with E-state index in [9.17, 15) is 14.9 Å². The summed E-state index contributed by atoms with van der Waals surface area (Å²) in [6, 6.07) is 13.7. The molecule has 0 fully saturated rings. The van der Waals surface area contributed by atoms with E-state index in [0.717, 1.165) is 17.5 Å². The Bertz CT molecular complexity index is 954. The lowest BCUT2D eigenvalue weighted by Gasteiger charge is -2.07. The van der Waals surface area contributed by atoms with Gasteiger partial charge in [-0.05, 0) is 36.2 Å². The molecule has 0 spiro atoms. The number of rotatable bonds is 7. The zero-order chi connectivity index (χ0) is 19.2. The average molecular weight is 383 g/mol. The number of nitro benzene ring substituents is 1. The lowest BCUT2D eigenvalue weighted by atomic mass is 10.1. The molecule has 138 valence electrons. The predicted molar refractivity (Wildman–Crippen MR) is 104 cm³/mol. The van der Waals surface area contributed by atoms with Crippen LogP contribution >= 0.6 is 11.3 Å². The molecule has 0 atom stereocenters. The number of carbonyl (C=O) groups is 1. The van der Waals surface area contributed by atoms with Gasteiger partial charge in [0.25, 0.3) is 11.6 Å². The van der Waals surface area contributed by atoms with Crippen molar-refractivity contribution in [3.8, 4) is 17.0 Å². The number of nitrogens with one attached hydrogen (secondary N) is 1. The van der Waals surface area contributed by atoms with Gasteiger partial charge in [-0.15, -0.1) is 11.3 Å². The topological polar surface area (TPSA) is 94.4 Å². The van der Waals surface area contributed by atoms with Crippen molar-refractivity contribution in [2.24, 2.45) is 0 Å². The molecule has 7 nitrogen and oxygen atoms in total. The lowest BCUT2D eigenvalue weighted by molar-refractivity contribution is -0.384. The Morgan fingerprint density at radius 2 is 2.04 bits per heavy atom. The molecule has 3 aromatic rings. The Kier molecular flexibility index (Phi) is 5.77. The fraction of sp³-hybridized carbons (Fsp3) is 0.158. The molecule has 8 heteroatoms. The van der Waals surface area contributed by atoms with Crippen molar-refractivity contribution in [1.82, 2.24) is 4.98 Å². The number of aryl methyl sites for hydroxylation is 1. The van der Waals surface area contributed by atoms with Gasteiger partial charge in [-0.25, -0.2) is 4.98 Å². The highest BCUT2D eigenvalue weighted by Gasteiger charge is 2.10. The number of aromatic nitrogens is 1. The van der Waals surface area contributed by atoms with Gasteiger partial charge in [-0.2, -0.15) is 0 Å². The van der Waals surface area contributed by atoms with Crippen LogP contribution in [-0.4, -0.2) is 22.4 Å². The van der Waals surface area contributed by atoms with Crippen LogP contribution in [0.25, 0.3) is 11.3 Å². The molecular weight excluding hydrogens is 366 g/mol. The number of nitro groups is 1. The van der Waals surface area contributed by atoms with Crippen LogP contribution in [0.4, 0.5) is 10.8 Å². The SMILES string of the molecule is CCc1cccc(OCC(=O)Nc2nc(-c3ccc([N+](=O)[O-])cc3)cs2)c1. The minimum Gasteiger partial charge on any atom is -0.484 e. The van der Waals surface area contributed by atoms with E-state index in [1.807, 2.05) is 24.3 Å². The first-order chi connectivity index (χ1) is 13.0. The van der Waals surface area contributed by atoms with Crippen LogP contribution in [0.15, 0.2) is 53.9 Å². The van der Waals surface area contributed by atoms with Gasteiger partial charge in [-0.3, -0.25) is 20.2 Å². The summed E-state index contributed by atoms with van der Waals surface area (Å²) in [6.45, 7) is 1.94. The molecule has 3 rings (SSSR count). The second kappa shape index (κ2) is 8.41. The van der Waals surface area contributed by atoms with E-state index in [4.69, 9.17) is 4.74 Å². The van der Waals surface area contributed by atoms with Gasteiger partial charge in [0.1, 0.15) is 5.75 Å². The average Bonchev–Trinajstić information content (AvgIpc) is 3.15. The van der Waals surface area contributed by atoms with Gasteiger partial charge in [0.05, 0.1) is 10.6 Å². The largest absolute Gasteiger partial charge is 0.484 e. The Hall–Kier alpha value is -3.26. The summed E-state index contributed by atoms with van der Waals surface area (Å²) < 4.78 is 5.51. The molecule has 2 aromatic carbocycles. The van der Waals surface area contributed by atoms with Gasteiger partial charge in [0.15, 0.2) is 11.7 Å². The van der Waals surface area contributed by atoms with E-state index in [-0.39, 0.29) is 18.2 Å². The van der Waals surface area contributed by atoms with Gasteiger partial charge in [-0.1, -0.05) is 19.1 Å². The zero-order valence-corrected chi connectivity index (χ0v) is 15.4. The second-order valence-electron chi connectivity index (χ2n) is 5.68. The molecule has 27 heavy (non-hydrogen) atoms. The number of hydrogen-bond donors (Lipinski definition) is 1. The molecule has 1 aromatic heterocycles. The van der Waals surface area contributed by atoms with Crippen molar-refractivity contribution in [3.63, 3.8) is 0 Å². The number of amides is 1. The van der Waals surface area contributed by atoms with E-state index in [0.29, 0.717) is 16.6 Å². The molecule has 1 N–H and O–H groups in total. The fourth-order valence-corrected chi connectivity index (χ4v) is 3.11. The van der Waals surface area contributed by atoms with E-state index in [2.05, 4.69) is 17.2 Å². The summed E-state index contributed by atoms with van der Waals surface area (Å²) in [5.74, 6) is 0.344. The number of benzene rings is 2. The van der Waals surface area contributed by atoms with E-state index in [1.54, 1.807) is 17.5 Å². The minimum atomic E-state index is -0.452. The molecule has 0 saturated heterocycles. The molecule has 0 aliphatic heterocycles. The molecule has 0 unspecified atom stereocenters. The Labute approximate surface area is 159 Å². The summed E-state index contributed by atoms with van der Waals surface area (Å²) in [5.41, 5.74) is 2.54. The number of nitrogens with zero attached hydrogens (tertiary/aromatic N) is 2. The van der Waals surface area contributed by atoms with Crippen LogP contribution in [0, 0.1) is 10.1 Å². The molecule has 1 heterocycles. The quantitative estimate of drug-likeness (QED) is 0.485. The smallest absolute Gasteiger partial charge is 0.269 e. The monoisotopic (exact) mass is 383 g/mol. The highest BCUT2D eigenvalue weighted by molar-refractivity contribution is 7.14. The normalized spacial score (nSPS) is 10.4. The molecule has 0 saturated carbocycles. The first-order valence-corrected chi connectivity index (χ1v) is 9.15. The summed E-state index contributed by atoms with van der Waals surface area (Å²) in [7, 11) is 0. The van der Waals surface area contributed by atoms with Crippen molar-refractivity contribution >= 4 is 28.1 Å². The number of hydrogen-bond acceptors (Lipinski definition) is 6. The first kappa shape index (κ1) is 18.5. The Morgan fingerprint density at radius 1 is 1.26 bits per heavy atom. The maximum absolute atomic E-state index is 12.1. The Morgan fingerprint density at radius 3 is 2.74 bits per heavy atom. The van der Waals surface area contributed by atoms with Gasteiger partial charge in [0.2, 0.25) is 0 Å². The molecule has 1 amide bonds. The highest BCUT2D eigenvalue weighted by Crippen LogP contribution is 2.26. The zero-order valence-electron chi connectivity index (χ0n) is 14.5. The van der Waals surface area contributed by atoms with E-state index >= 15 is 0 Å². The van der Waals surface area contributed by atoms with Crippen molar-refractivity contribution in [3.05, 3.63) is 69.6 Å². The summed E-state index contributed by atoms with van der Waals surface area (Å²) >= 11 is 1.28. The standard InChI is InChI=1S/C19H17N3O4S/c1-2-13-4-3-5-16(10-13)26-11-18(23)21-19-20-17(12-27-19)14-6-8-15(9-7-14)22(24)25/h3-10,12H,2,11H2,1H3,(H,20,21,23). The van der Waals surface area contributed by atoms with Crippen LogP contribution in [0.1, 0.15) is 12.5 Å². The lowest BCUT2D eigenvalue weighted by Crippen LogP contribution is -2.20. The molecule has 0 bridgehead atoms. The summed E-state index contributed by atoms with van der Waals surface area (Å²) in [5, 5.41) is 15.6. The fourth-order valence-electron chi connectivity index (χ4n) is 2.38. The summed E-state index contributed by atoms with van der Waals surface area (Å²) in [6.07, 6.45) is 0.897. The van der Waals surface area contributed by atoms with Gasteiger partial charge < -0.3 is 4.74 Å². The molecule has 0 aliphatic rings. The van der Waals surface area contributed by atoms with Crippen LogP contribution in [0.2, 0.25) is 0 Å². The minimum absolute atomic E-state index is 0.0202. The van der Waals surface area contributed by atoms with Crippen molar-refractivity contribution in [2.75, 3.05) is 11.9 Å². The Balaban J connectivity index is 1.58.